The second-order valence-electron chi connectivity index (χ2n) is 7.85. The largest absolute Gasteiger partial charge is 0.573 e. The van der Waals surface area contributed by atoms with Gasteiger partial charge in [0.05, 0.1) is 25.4 Å². The van der Waals surface area contributed by atoms with E-state index in [0.29, 0.717) is 19.7 Å². The van der Waals surface area contributed by atoms with Gasteiger partial charge >= 0.3 is 6.36 Å². The van der Waals surface area contributed by atoms with Crippen LogP contribution in [0.3, 0.4) is 0 Å². The van der Waals surface area contributed by atoms with Gasteiger partial charge in [0, 0.05) is 19.3 Å². The number of rotatable bonds is 10. The Balaban J connectivity index is 1.75. The number of alkyl halides is 3. The number of aromatic nitrogens is 3. The molecular formula is C23H28F3N5O2. The minimum atomic E-state index is -4.71. The third kappa shape index (κ3) is 6.69. The maximum absolute atomic E-state index is 12.4. The van der Waals surface area contributed by atoms with Crippen molar-refractivity contribution >= 4 is 5.69 Å². The van der Waals surface area contributed by atoms with Crippen molar-refractivity contribution in [2.75, 3.05) is 33.1 Å². The van der Waals surface area contributed by atoms with E-state index in [4.69, 9.17) is 4.74 Å². The van der Waals surface area contributed by atoms with Crippen molar-refractivity contribution in [1.29, 1.82) is 0 Å². The lowest BCUT2D eigenvalue weighted by Crippen LogP contribution is -2.20. The van der Waals surface area contributed by atoms with Crippen molar-refractivity contribution in [2.24, 2.45) is 0 Å². The number of ether oxygens (including phenoxy) is 2. The van der Waals surface area contributed by atoms with Crippen LogP contribution in [0.1, 0.15) is 17.0 Å². The summed E-state index contributed by atoms with van der Waals surface area (Å²) in [5.41, 5.74) is 5.28. The molecule has 0 unspecified atom stereocenters. The van der Waals surface area contributed by atoms with E-state index in [9.17, 15) is 13.2 Å². The van der Waals surface area contributed by atoms with Crippen molar-refractivity contribution in [2.45, 2.75) is 33.0 Å². The van der Waals surface area contributed by atoms with Crippen LogP contribution in [0.4, 0.5) is 18.9 Å². The van der Waals surface area contributed by atoms with Gasteiger partial charge in [-0.2, -0.15) is 0 Å². The lowest BCUT2D eigenvalue weighted by Gasteiger charge is -2.15. The zero-order valence-corrected chi connectivity index (χ0v) is 19.1. The van der Waals surface area contributed by atoms with Crippen molar-refractivity contribution < 1.29 is 22.6 Å². The van der Waals surface area contributed by atoms with Crippen LogP contribution in [0, 0.1) is 6.92 Å². The highest BCUT2D eigenvalue weighted by Crippen LogP contribution is 2.31. The van der Waals surface area contributed by atoms with Crippen LogP contribution in [-0.4, -0.2) is 54.0 Å². The molecule has 33 heavy (non-hydrogen) atoms. The number of nitrogens with one attached hydrogen (secondary N) is 1. The van der Waals surface area contributed by atoms with E-state index in [1.807, 2.05) is 43.9 Å². The van der Waals surface area contributed by atoms with Crippen LogP contribution in [0.5, 0.6) is 5.75 Å². The van der Waals surface area contributed by atoms with Crippen LogP contribution in [0.25, 0.3) is 11.1 Å². The number of hydrogen-bond acceptors (Lipinski definition) is 6. The van der Waals surface area contributed by atoms with E-state index in [0.717, 1.165) is 40.3 Å². The Morgan fingerprint density at radius 3 is 2.45 bits per heavy atom. The molecule has 1 heterocycles. The van der Waals surface area contributed by atoms with E-state index < -0.39 is 6.36 Å². The fraction of sp³-hybridized carbons (Fsp3) is 0.391. The van der Waals surface area contributed by atoms with Gasteiger partial charge in [-0.25, -0.2) is 4.68 Å². The lowest BCUT2D eigenvalue weighted by atomic mass is 9.99. The van der Waals surface area contributed by atoms with Crippen molar-refractivity contribution in [3.8, 4) is 16.9 Å². The number of benzene rings is 2. The van der Waals surface area contributed by atoms with Crippen molar-refractivity contribution in [1.82, 2.24) is 19.9 Å². The predicted molar refractivity (Wildman–Crippen MR) is 120 cm³/mol. The smallest absolute Gasteiger partial charge is 0.406 e. The summed E-state index contributed by atoms with van der Waals surface area (Å²) in [7, 11) is 5.64. The first-order valence-electron chi connectivity index (χ1n) is 10.4. The summed E-state index contributed by atoms with van der Waals surface area (Å²) in [5.74, 6) is -0.249. The summed E-state index contributed by atoms with van der Waals surface area (Å²) in [6.07, 6.45) is -4.71. The number of hydrogen-bond donors (Lipinski definition) is 1. The summed E-state index contributed by atoms with van der Waals surface area (Å²) in [6.45, 7) is 4.37. The molecule has 10 heteroatoms. The molecule has 0 aliphatic rings. The summed E-state index contributed by atoms with van der Waals surface area (Å²) >= 11 is 0. The monoisotopic (exact) mass is 463 g/mol. The van der Waals surface area contributed by atoms with Gasteiger partial charge in [-0.15, -0.1) is 18.3 Å². The van der Waals surface area contributed by atoms with Gasteiger partial charge in [-0.3, -0.25) is 0 Å². The Morgan fingerprint density at radius 1 is 1.09 bits per heavy atom. The molecule has 0 saturated carbocycles. The average Bonchev–Trinajstić information content (AvgIpc) is 3.13. The fourth-order valence-electron chi connectivity index (χ4n) is 3.43. The molecule has 0 aliphatic carbocycles. The van der Waals surface area contributed by atoms with Crippen molar-refractivity contribution in [3.63, 3.8) is 0 Å². The second kappa shape index (κ2) is 10.7. The molecule has 0 aliphatic heterocycles. The number of nitrogens with zero attached hydrogens (tertiary/aromatic N) is 4. The molecule has 0 fully saturated rings. The quantitative estimate of drug-likeness (QED) is 0.479. The minimum absolute atomic E-state index is 0.249. The number of methoxy groups -OCH3 is 1. The van der Waals surface area contributed by atoms with E-state index >= 15 is 0 Å². The van der Waals surface area contributed by atoms with Gasteiger partial charge in [-0.1, -0.05) is 29.5 Å². The first kappa shape index (κ1) is 24.5. The average molecular weight is 464 g/mol. The normalized spacial score (nSPS) is 11.8. The van der Waals surface area contributed by atoms with Crippen LogP contribution in [-0.2, 0) is 24.4 Å². The number of anilines is 1. The van der Waals surface area contributed by atoms with Crippen molar-refractivity contribution in [3.05, 3.63) is 59.4 Å². The summed E-state index contributed by atoms with van der Waals surface area (Å²) in [5, 5.41) is 12.0. The lowest BCUT2D eigenvalue weighted by molar-refractivity contribution is -0.274. The molecule has 0 spiro atoms. The Hall–Kier alpha value is -3.11. The Labute approximate surface area is 191 Å². The van der Waals surface area contributed by atoms with Gasteiger partial charge < -0.3 is 19.7 Å². The molecule has 1 aromatic heterocycles. The molecule has 0 saturated heterocycles. The first-order valence-corrected chi connectivity index (χ1v) is 10.4. The zero-order chi connectivity index (χ0) is 24.0. The highest BCUT2D eigenvalue weighted by atomic mass is 19.4. The van der Waals surface area contributed by atoms with Crippen LogP contribution in [0.2, 0.25) is 0 Å². The maximum atomic E-state index is 12.4. The molecule has 178 valence electrons. The maximum Gasteiger partial charge on any atom is 0.573 e. The van der Waals surface area contributed by atoms with Gasteiger partial charge in [0.1, 0.15) is 11.4 Å². The van der Waals surface area contributed by atoms with E-state index in [-0.39, 0.29) is 5.75 Å². The van der Waals surface area contributed by atoms with E-state index in [2.05, 4.69) is 25.3 Å². The molecule has 0 bridgehead atoms. The third-order valence-corrected chi connectivity index (χ3v) is 5.14. The van der Waals surface area contributed by atoms with Crippen LogP contribution in [0.15, 0.2) is 42.5 Å². The molecule has 2 aromatic carbocycles. The molecular weight excluding hydrogens is 435 g/mol. The summed E-state index contributed by atoms with van der Waals surface area (Å²) in [6, 6.07) is 11.6. The van der Waals surface area contributed by atoms with Gasteiger partial charge in [0.2, 0.25) is 0 Å². The van der Waals surface area contributed by atoms with Gasteiger partial charge in [-0.05, 0) is 55.9 Å². The third-order valence-electron chi connectivity index (χ3n) is 5.14. The van der Waals surface area contributed by atoms with Crippen LogP contribution < -0.4 is 10.1 Å². The fourth-order valence-corrected chi connectivity index (χ4v) is 3.43. The number of halogens is 3. The SMILES string of the molecule is COCc1c(CNc2cccc(-c3ccc(OC(F)(F)F)cc3)c2C)nnn1CCN(C)C. The standard InChI is InChI=1S/C23H28F3N5O2/c1-16-19(17-8-10-18(11-9-17)33-23(24,25)26)6-5-7-20(16)27-14-21-22(15-32-4)31(29-28-21)13-12-30(2)3/h5-11,27H,12-15H2,1-4H3. The number of likely N-dealkylation sites (N-methyl/N-ethyl adjacent to an activating group) is 1. The summed E-state index contributed by atoms with van der Waals surface area (Å²) in [4.78, 5) is 2.08. The van der Waals surface area contributed by atoms with Gasteiger partial charge in [0.15, 0.2) is 0 Å². The Kier molecular flexibility index (Phi) is 7.93. The first-order chi connectivity index (χ1) is 15.7. The molecule has 0 amide bonds. The molecule has 0 radical (unpaired) electrons. The highest BCUT2D eigenvalue weighted by molar-refractivity contribution is 5.74. The minimum Gasteiger partial charge on any atom is -0.406 e. The molecule has 1 N–H and O–H groups in total. The highest BCUT2D eigenvalue weighted by Gasteiger charge is 2.31. The van der Waals surface area contributed by atoms with E-state index in [1.165, 1.54) is 12.1 Å². The van der Waals surface area contributed by atoms with E-state index in [1.54, 1.807) is 19.2 Å². The predicted octanol–water partition coefficient (Wildman–Crippen LogP) is 4.47. The Bertz CT molecular complexity index is 1050. The Morgan fingerprint density at radius 2 is 1.82 bits per heavy atom. The topological polar surface area (TPSA) is 64.4 Å². The molecule has 3 aromatic rings. The molecule has 7 nitrogen and oxygen atoms in total. The van der Waals surface area contributed by atoms with Crippen LogP contribution >= 0.6 is 0 Å². The second-order valence-corrected chi connectivity index (χ2v) is 7.85. The summed E-state index contributed by atoms with van der Waals surface area (Å²) < 4.78 is 48.4. The molecule has 0 atom stereocenters. The zero-order valence-electron chi connectivity index (χ0n) is 19.1. The molecule has 3 rings (SSSR count). The van der Waals surface area contributed by atoms with Gasteiger partial charge in [0.25, 0.3) is 0 Å².